The van der Waals surface area contributed by atoms with Gasteiger partial charge in [0.2, 0.25) is 0 Å². The van der Waals surface area contributed by atoms with E-state index < -0.39 is 0 Å². The van der Waals surface area contributed by atoms with Crippen LogP contribution in [0.1, 0.15) is 57.1 Å². The molecule has 0 saturated heterocycles. The van der Waals surface area contributed by atoms with E-state index in [-0.39, 0.29) is 24.0 Å². The molecular formula is C15H26N2O2. The van der Waals surface area contributed by atoms with Crippen molar-refractivity contribution in [3.63, 3.8) is 0 Å². The van der Waals surface area contributed by atoms with Gasteiger partial charge in [0.15, 0.2) is 0 Å². The van der Waals surface area contributed by atoms with E-state index in [2.05, 4.69) is 5.32 Å². The fourth-order valence-electron chi connectivity index (χ4n) is 2.17. The number of nitrogens with zero attached hydrogens (tertiary/aromatic N) is 1. The maximum absolute atomic E-state index is 12.2. The summed E-state index contributed by atoms with van der Waals surface area (Å²) in [7, 11) is 0. The number of hydrogen-bond acceptors (Lipinski definition) is 2. The summed E-state index contributed by atoms with van der Waals surface area (Å²) in [5.74, 6) is -0.0709. The molecule has 2 N–H and O–H groups in total. The molecule has 0 aliphatic heterocycles. The van der Waals surface area contributed by atoms with Gasteiger partial charge in [0.25, 0.3) is 5.91 Å². The number of nitrogens with one attached hydrogen (secondary N) is 1. The van der Waals surface area contributed by atoms with Crippen LogP contribution in [0.3, 0.4) is 0 Å². The Bertz CT molecular complexity index is 398. The van der Waals surface area contributed by atoms with Crippen LogP contribution in [-0.4, -0.2) is 28.7 Å². The second-order valence-corrected chi connectivity index (χ2v) is 5.44. The maximum Gasteiger partial charge on any atom is 0.267 e. The van der Waals surface area contributed by atoms with Gasteiger partial charge in [0, 0.05) is 24.2 Å². The van der Waals surface area contributed by atoms with Gasteiger partial charge in [-0.3, -0.25) is 4.79 Å². The van der Waals surface area contributed by atoms with Crippen LogP contribution in [0.15, 0.2) is 18.3 Å². The molecule has 4 nitrogen and oxygen atoms in total. The van der Waals surface area contributed by atoms with Crippen molar-refractivity contribution in [2.45, 2.75) is 46.6 Å². The fourth-order valence-corrected chi connectivity index (χ4v) is 2.17. The molecule has 19 heavy (non-hydrogen) atoms. The lowest BCUT2D eigenvalue weighted by Crippen LogP contribution is -2.40. The zero-order valence-electron chi connectivity index (χ0n) is 12.4. The molecule has 0 atom stereocenters. The minimum atomic E-state index is -0.203. The second-order valence-electron chi connectivity index (χ2n) is 5.44. The summed E-state index contributed by atoms with van der Waals surface area (Å²) in [4.78, 5) is 12.2. The van der Waals surface area contributed by atoms with Crippen molar-refractivity contribution in [3.8, 4) is 0 Å². The summed E-state index contributed by atoms with van der Waals surface area (Å²) in [6.07, 6.45) is 3.62. The second kappa shape index (κ2) is 6.75. The monoisotopic (exact) mass is 266 g/mol. The molecule has 0 radical (unpaired) electrons. The zero-order valence-corrected chi connectivity index (χ0v) is 12.4. The van der Waals surface area contributed by atoms with Crippen molar-refractivity contribution in [1.29, 1.82) is 0 Å². The van der Waals surface area contributed by atoms with E-state index in [0.717, 1.165) is 12.8 Å². The third-order valence-electron chi connectivity index (χ3n) is 4.03. The minimum absolute atomic E-state index is 0.0709. The molecule has 0 fully saturated rings. The average molecular weight is 266 g/mol. The number of hydrogen-bond donors (Lipinski definition) is 2. The highest BCUT2D eigenvalue weighted by Gasteiger charge is 2.26. The molecule has 1 heterocycles. The van der Waals surface area contributed by atoms with Crippen LogP contribution >= 0.6 is 0 Å². The number of rotatable bonds is 7. The predicted octanol–water partition coefficient (Wildman–Crippen LogP) is 2.60. The first-order chi connectivity index (χ1) is 8.99. The molecule has 1 aromatic heterocycles. The third-order valence-corrected chi connectivity index (χ3v) is 4.03. The number of carbonyl (C=O) groups is 1. The lowest BCUT2D eigenvalue weighted by molar-refractivity contribution is 0.0842. The lowest BCUT2D eigenvalue weighted by atomic mass is 9.83. The molecule has 0 bridgehead atoms. The predicted molar refractivity (Wildman–Crippen MR) is 77.3 cm³/mol. The highest BCUT2D eigenvalue weighted by molar-refractivity contribution is 5.92. The molecule has 0 saturated carbocycles. The van der Waals surface area contributed by atoms with E-state index in [1.807, 2.05) is 50.6 Å². The molecular weight excluding hydrogens is 240 g/mol. The maximum atomic E-state index is 12.2. The lowest BCUT2D eigenvalue weighted by Gasteiger charge is -2.29. The SMILES string of the molecule is CCC(CC)(CO)CNC(=O)c1cccn1C(C)C. The van der Waals surface area contributed by atoms with Gasteiger partial charge >= 0.3 is 0 Å². The number of aliphatic hydroxyl groups excluding tert-OH is 1. The molecule has 0 spiro atoms. The first kappa shape index (κ1) is 15.8. The van der Waals surface area contributed by atoms with Crippen LogP contribution < -0.4 is 5.32 Å². The van der Waals surface area contributed by atoms with Crippen molar-refractivity contribution in [3.05, 3.63) is 24.0 Å². The molecule has 0 aliphatic carbocycles. The molecule has 1 aromatic rings. The average Bonchev–Trinajstić information content (AvgIpc) is 2.90. The van der Waals surface area contributed by atoms with Gasteiger partial charge in [0.05, 0.1) is 6.61 Å². The van der Waals surface area contributed by atoms with Crippen LogP contribution in [0.25, 0.3) is 0 Å². The van der Waals surface area contributed by atoms with E-state index in [9.17, 15) is 9.90 Å². The van der Waals surface area contributed by atoms with Crippen LogP contribution in [0.2, 0.25) is 0 Å². The topological polar surface area (TPSA) is 54.3 Å². The number of aliphatic hydroxyl groups is 1. The standard InChI is InChI=1S/C15H26N2O2/c1-5-15(6-2,11-18)10-16-14(19)13-8-7-9-17(13)12(3)4/h7-9,12,18H,5-6,10-11H2,1-4H3,(H,16,19). The van der Waals surface area contributed by atoms with Gasteiger partial charge in [-0.15, -0.1) is 0 Å². The van der Waals surface area contributed by atoms with Crippen LogP contribution in [0.4, 0.5) is 0 Å². The summed E-state index contributed by atoms with van der Waals surface area (Å²) < 4.78 is 1.95. The summed E-state index contributed by atoms with van der Waals surface area (Å²) >= 11 is 0. The molecule has 0 aromatic carbocycles. The molecule has 4 heteroatoms. The van der Waals surface area contributed by atoms with E-state index in [1.54, 1.807) is 0 Å². The third kappa shape index (κ3) is 3.60. The van der Waals surface area contributed by atoms with E-state index in [1.165, 1.54) is 0 Å². The van der Waals surface area contributed by atoms with Crippen molar-refractivity contribution >= 4 is 5.91 Å². The number of aromatic nitrogens is 1. The van der Waals surface area contributed by atoms with Crippen molar-refractivity contribution in [2.75, 3.05) is 13.2 Å². The molecule has 108 valence electrons. The van der Waals surface area contributed by atoms with Crippen molar-refractivity contribution < 1.29 is 9.90 Å². The summed E-state index contributed by atoms with van der Waals surface area (Å²) in [6.45, 7) is 8.80. The van der Waals surface area contributed by atoms with Gasteiger partial charge in [-0.25, -0.2) is 0 Å². The quantitative estimate of drug-likeness (QED) is 0.797. The Labute approximate surface area is 115 Å². The Morgan fingerprint density at radius 1 is 1.42 bits per heavy atom. The normalized spacial score (nSPS) is 11.9. The largest absolute Gasteiger partial charge is 0.396 e. The van der Waals surface area contributed by atoms with Gasteiger partial charge in [-0.2, -0.15) is 0 Å². The molecule has 0 unspecified atom stereocenters. The fraction of sp³-hybridized carbons (Fsp3) is 0.667. The Morgan fingerprint density at radius 3 is 2.53 bits per heavy atom. The van der Waals surface area contributed by atoms with Gasteiger partial charge in [0.1, 0.15) is 5.69 Å². The molecule has 1 amide bonds. The Morgan fingerprint density at radius 2 is 2.05 bits per heavy atom. The van der Waals surface area contributed by atoms with Crippen molar-refractivity contribution in [1.82, 2.24) is 9.88 Å². The first-order valence-electron chi connectivity index (χ1n) is 7.05. The minimum Gasteiger partial charge on any atom is -0.396 e. The Balaban J connectivity index is 2.72. The molecule has 0 aliphatic rings. The van der Waals surface area contributed by atoms with E-state index >= 15 is 0 Å². The van der Waals surface area contributed by atoms with Gasteiger partial charge in [-0.1, -0.05) is 13.8 Å². The first-order valence-corrected chi connectivity index (χ1v) is 7.05. The van der Waals surface area contributed by atoms with E-state index in [4.69, 9.17) is 0 Å². The highest BCUT2D eigenvalue weighted by Crippen LogP contribution is 2.24. The summed E-state index contributed by atoms with van der Waals surface area (Å²) in [6, 6.07) is 3.97. The van der Waals surface area contributed by atoms with Crippen molar-refractivity contribution in [2.24, 2.45) is 5.41 Å². The number of amides is 1. The van der Waals surface area contributed by atoms with Gasteiger partial charge < -0.3 is 15.0 Å². The Kier molecular flexibility index (Phi) is 5.60. The summed E-state index contributed by atoms with van der Waals surface area (Å²) in [5, 5.41) is 12.5. The Hall–Kier alpha value is -1.29. The number of carbonyl (C=O) groups excluding carboxylic acids is 1. The summed E-state index contributed by atoms with van der Waals surface area (Å²) in [5.41, 5.74) is 0.472. The highest BCUT2D eigenvalue weighted by atomic mass is 16.3. The van der Waals surface area contributed by atoms with Crippen LogP contribution in [0.5, 0.6) is 0 Å². The smallest absolute Gasteiger partial charge is 0.267 e. The van der Waals surface area contributed by atoms with E-state index in [0.29, 0.717) is 12.2 Å². The van der Waals surface area contributed by atoms with Crippen LogP contribution in [-0.2, 0) is 0 Å². The molecule has 1 rings (SSSR count). The van der Waals surface area contributed by atoms with Gasteiger partial charge in [-0.05, 0) is 38.8 Å². The van der Waals surface area contributed by atoms with Crippen LogP contribution in [0, 0.1) is 5.41 Å². The zero-order chi connectivity index (χ0) is 14.5.